The molecule has 0 amide bonds. The van der Waals surface area contributed by atoms with Gasteiger partial charge in [-0.1, -0.05) is 44.1 Å². The van der Waals surface area contributed by atoms with Crippen LogP contribution in [0.3, 0.4) is 0 Å². The van der Waals surface area contributed by atoms with Gasteiger partial charge in [-0.2, -0.15) is 0 Å². The molecule has 0 spiro atoms. The average Bonchev–Trinajstić information content (AvgIpc) is 3.48. The number of ketones is 4. The van der Waals surface area contributed by atoms with Gasteiger partial charge in [0.2, 0.25) is 0 Å². The molecule has 6 fully saturated rings. The van der Waals surface area contributed by atoms with E-state index in [-0.39, 0.29) is 36.7 Å². The molecule has 0 heterocycles. The summed E-state index contributed by atoms with van der Waals surface area (Å²) in [6, 6.07) is 0. The Morgan fingerprint density at radius 1 is 0.661 bits per heavy atom. The number of carbonyl (C=O) groups excluding carboxylic acids is 4. The van der Waals surface area contributed by atoms with Crippen LogP contribution in [0.15, 0.2) is 47.6 Å². The van der Waals surface area contributed by atoms with Crippen molar-refractivity contribution in [3.05, 3.63) is 47.6 Å². The SMILES string of the molecule is C[C@H]1C[C@H]2[C@@H]3CCC4=CC(=O)C=C[C@]4(C)[C@@]3(F)[C@@H](O)C[C@]2(C)[C@@]1(O)C(=O)CO.C[C@]12C=CC(=O)C=C1CC[C@H]1[C@@H]3C[C@@H](O)[C@](O)(C(=O)CO)[C@@]3(C)C[C@H](O)[C@@]12F. The maximum atomic E-state index is 16.9. The Bertz CT molecular complexity index is 1740. The molecule has 0 aromatic carbocycles. The summed E-state index contributed by atoms with van der Waals surface area (Å²) in [6.45, 7) is 6.81. The number of rotatable bonds is 4. The molecule has 308 valence electrons. The molecular weight excluding hydrogens is 730 g/mol. The predicted molar refractivity (Wildman–Crippen MR) is 197 cm³/mol. The summed E-state index contributed by atoms with van der Waals surface area (Å²) in [5.74, 6) is -4.50. The molecule has 11 nitrogen and oxygen atoms in total. The summed E-state index contributed by atoms with van der Waals surface area (Å²) in [4.78, 5) is 48.6. The van der Waals surface area contributed by atoms with Gasteiger partial charge in [-0.3, -0.25) is 19.2 Å². The van der Waals surface area contributed by atoms with Gasteiger partial charge in [0.1, 0.15) is 18.8 Å². The summed E-state index contributed by atoms with van der Waals surface area (Å²) in [5, 5.41) is 74.1. The third kappa shape index (κ3) is 4.73. The molecule has 0 saturated heterocycles. The zero-order valence-electron chi connectivity index (χ0n) is 32.7. The number of Topliss-reactive ketones (excluding diaryl/α,β-unsaturated/α-hetero) is 2. The van der Waals surface area contributed by atoms with Crippen LogP contribution in [0.2, 0.25) is 0 Å². The van der Waals surface area contributed by atoms with E-state index in [1.807, 2.05) is 0 Å². The first-order chi connectivity index (χ1) is 25.9. The van der Waals surface area contributed by atoms with E-state index >= 15 is 8.78 Å². The van der Waals surface area contributed by atoms with E-state index in [1.165, 1.54) is 30.4 Å². The molecule has 16 atom stereocenters. The van der Waals surface area contributed by atoms with Crippen LogP contribution < -0.4 is 0 Å². The summed E-state index contributed by atoms with van der Waals surface area (Å²) >= 11 is 0. The van der Waals surface area contributed by atoms with E-state index in [1.54, 1.807) is 40.7 Å². The van der Waals surface area contributed by atoms with Gasteiger partial charge in [-0.25, -0.2) is 8.78 Å². The van der Waals surface area contributed by atoms with Gasteiger partial charge >= 0.3 is 0 Å². The van der Waals surface area contributed by atoms with Gasteiger partial charge in [0.15, 0.2) is 40.1 Å². The van der Waals surface area contributed by atoms with E-state index in [4.69, 9.17) is 0 Å². The second kappa shape index (κ2) is 12.9. The van der Waals surface area contributed by atoms with Gasteiger partial charge in [0.25, 0.3) is 0 Å². The number of alkyl halides is 2. The fourth-order valence-corrected chi connectivity index (χ4v) is 14.1. The van der Waals surface area contributed by atoms with Crippen molar-refractivity contribution < 1.29 is 63.7 Å². The first kappa shape index (κ1) is 41.4. The molecule has 7 N–H and O–H groups in total. The highest BCUT2D eigenvalue weighted by molar-refractivity contribution is 6.02. The maximum Gasteiger partial charge on any atom is 0.192 e. The summed E-state index contributed by atoms with van der Waals surface area (Å²) in [7, 11) is 0. The molecule has 0 unspecified atom stereocenters. The number of hydrogen-bond donors (Lipinski definition) is 7. The first-order valence-corrected chi connectivity index (χ1v) is 20.0. The Balaban J connectivity index is 0.000000172. The molecule has 8 aliphatic rings. The van der Waals surface area contributed by atoms with E-state index in [0.29, 0.717) is 43.3 Å². The molecule has 6 saturated carbocycles. The Morgan fingerprint density at radius 3 is 1.48 bits per heavy atom. The highest BCUT2D eigenvalue weighted by atomic mass is 19.1. The average molecular weight is 787 g/mol. The van der Waals surface area contributed by atoms with Crippen LogP contribution in [0.5, 0.6) is 0 Å². The van der Waals surface area contributed by atoms with E-state index in [2.05, 4.69) is 0 Å². The predicted octanol–water partition coefficient (Wildman–Crippen LogP) is 2.52. The lowest BCUT2D eigenvalue weighted by Gasteiger charge is -2.62. The molecule has 0 radical (unpaired) electrons. The van der Waals surface area contributed by atoms with Crippen molar-refractivity contribution in [1.82, 2.24) is 0 Å². The Morgan fingerprint density at radius 2 is 1.05 bits per heavy atom. The number of hydrogen-bond acceptors (Lipinski definition) is 11. The van der Waals surface area contributed by atoms with Gasteiger partial charge in [-0.15, -0.1) is 0 Å². The van der Waals surface area contributed by atoms with Crippen LogP contribution in [0.25, 0.3) is 0 Å². The molecule has 0 bridgehead atoms. The number of halogens is 2. The fraction of sp³-hybridized carbons (Fsp3) is 0.721. The molecule has 56 heavy (non-hydrogen) atoms. The standard InChI is InChI=1S/C22H29FO5.C21H27FO6/c1-12-8-16-15-5-4-13-9-14(25)6-7-19(13,2)21(15,23)17(26)10-20(16,3)22(12,28)18(27)11-24;1-18-6-5-12(24)7-11(18)3-4-13-14-8-15(25)21(28,17(27)10-23)19(14,2)9-16(26)20(13,18)22/h6-7,9,12,15-17,24,26,28H,4-5,8,10-11H2,1-3H3;5-7,13-16,23,25-26,28H,3-4,8-10H2,1-2H3/t12-,15-,16-,17-,19-,20-,21-,22-;13-,14-,15+,16-,18-,19-,20-,21-/m00/s1. The molecular formula is C43H56F2O11. The van der Waals surface area contributed by atoms with E-state index in [0.717, 1.165) is 0 Å². The highest BCUT2D eigenvalue weighted by Gasteiger charge is 2.77. The fourth-order valence-electron chi connectivity index (χ4n) is 14.1. The van der Waals surface area contributed by atoms with Crippen LogP contribution in [0.4, 0.5) is 8.78 Å². The van der Waals surface area contributed by atoms with Gasteiger partial charge in [0.05, 0.1) is 18.3 Å². The van der Waals surface area contributed by atoms with E-state index < -0.39 is 111 Å². The van der Waals surface area contributed by atoms with Crippen LogP contribution in [0, 0.1) is 51.2 Å². The molecule has 0 aromatic heterocycles. The number of carbonyl (C=O) groups is 4. The minimum Gasteiger partial charge on any atom is -0.390 e. The van der Waals surface area contributed by atoms with Crippen molar-refractivity contribution in [2.24, 2.45) is 51.2 Å². The Labute approximate surface area is 325 Å². The van der Waals surface area contributed by atoms with E-state index in [9.17, 15) is 54.9 Å². The monoisotopic (exact) mass is 786 g/mol. The number of allylic oxidation sites excluding steroid dienone is 8. The molecule has 8 aliphatic carbocycles. The first-order valence-electron chi connectivity index (χ1n) is 20.0. The third-order valence-corrected chi connectivity index (χ3v) is 17.2. The van der Waals surface area contributed by atoms with Crippen LogP contribution in [-0.4, -0.2) is 113 Å². The largest absolute Gasteiger partial charge is 0.390 e. The van der Waals surface area contributed by atoms with Crippen molar-refractivity contribution in [2.75, 3.05) is 13.2 Å². The number of aliphatic hydroxyl groups is 7. The number of fused-ring (bicyclic) bond motifs is 10. The quantitative estimate of drug-likeness (QED) is 0.220. The van der Waals surface area contributed by atoms with Crippen molar-refractivity contribution in [1.29, 1.82) is 0 Å². The normalized spacial score (nSPS) is 52.5. The van der Waals surface area contributed by atoms with Crippen LogP contribution >= 0.6 is 0 Å². The molecule has 13 heteroatoms. The lowest BCUT2D eigenvalue weighted by atomic mass is 9.44. The summed E-state index contributed by atoms with van der Waals surface area (Å²) < 4.78 is 33.6. The lowest BCUT2D eigenvalue weighted by Crippen LogP contribution is -2.69. The summed E-state index contributed by atoms with van der Waals surface area (Å²) in [5.41, 5.74) is -11.3. The molecule has 0 aliphatic heterocycles. The van der Waals surface area contributed by atoms with Gasteiger partial charge in [0, 0.05) is 33.5 Å². The van der Waals surface area contributed by atoms with Crippen molar-refractivity contribution in [3.63, 3.8) is 0 Å². The summed E-state index contributed by atoms with van der Waals surface area (Å²) in [6.07, 6.45) is 6.37. The zero-order valence-corrected chi connectivity index (χ0v) is 32.7. The molecule has 8 rings (SSSR count). The van der Waals surface area contributed by atoms with Crippen LogP contribution in [0.1, 0.15) is 86.0 Å². The van der Waals surface area contributed by atoms with Crippen LogP contribution in [-0.2, 0) is 19.2 Å². The zero-order chi connectivity index (χ0) is 41.4. The smallest absolute Gasteiger partial charge is 0.192 e. The lowest BCUT2D eigenvalue weighted by molar-refractivity contribution is -0.222. The van der Waals surface area contributed by atoms with Crippen molar-refractivity contribution >= 4 is 23.1 Å². The minimum atomic E-state index is -2.23. The van der Waals surface area contributed by atoms with Crippen molar-refractivity contribution in [3.8, 4) is 0 Å². The highest BCUT2D eigenvalue weighted by Crippen LogP contribution is 2.72. The maximum absolute atomic E-state index is 16.9. The Hall–Kier alpha value is -2.78. The van der Waals surface area contributed by atoms with Gasteiger partial charge in [-0.05, 0) is 107 Å². The number of aliphatic hydroxyl groups excluding tert-OH is 5. The topological polar surface area (TPSA) is 210 Å². The third-order valence-electron chi connectivity index (χ3n) is 17.2. The van der Waals surface area contributed by atoms with Gasteiger partial charge < -0.3 is 35.7 Å². The second-order valence-corrected chi connectivity index (χ2v) is 19.1. The second-order valence-electron chi connectivity index (χ2n) is 19.1. The Kier molecular flexibility index (Phi) is 9.50. The van der Waals surface area contributed by atoms with Crippen molar-refractivity contribution in [2.45, 2.75) is 127 Å². The minimum absolute atomic E-state index is 0.0135. The molecule has 0 aromatic rings.